The van der Waals surface area contributed by atoms with Crippen LogP contribution in [0.5, 0.6) is 0 Å². The Labute approximate surface area is 83.5 Å². The lowest BCUT2D eigenvalue weighted by Crippen LogP contribution is -2.31. The van der Waals surface area contributed by atoms with E-state index in [4.69, 9.17) is 0 Å². The van der Waals surface area contributed by atoms with E-state index in [1.54, 1.807) is 24.3 Å². The number of rotatable bonds is 4. The normalized spacial score (nSPS) is 16.6. The van der Waals surface area contributed by atoms with Gasteiger partial charge in [-0.25, -0.2) is 0 Å². The molecule has 0 aliphatic heterocycles. The largest absolute Gasteiger partial charge is 0.299 e. The monoisotopic (exact) mass is 212 g/mol. The van der Waals surface area contributed by atoms with Crippen LogP contribution in [0.4, 0.5) is 5.69 Å². The minimum atomic E-state index is -3.37. The quantitative estimate of drug-likeness (QED) is 0.785. The van der Waals surface area contributed by atoms with E-state index in [-0.39, 0.29) is 6.04 Å². The van der Waals surface area contributed by atoms with Crippen molar-refractivity contribution in [2.45, 2.75) is 18.9 Å². The second-order valence-corrected chi connectivity index (χ2v) is 4.81. The first-order valence-corrected chi connectivity index (χ1v) is 5.99. The maximum Gasteiger partial charge on any atom is 0.299 e. The molecule has 0 bridgehead atoms. The van der Waals surface area contributed by atoms with Crippen LogP contribution in [0.15, 0.2) is 30.3 Å². The van der Waals surface area contributed by atoms with Gasteiger partial charge in [-0.15, -0.1) is 0 Å². The van der Waals surface area contributed by atoms with Gasteiger partial charge >= 0.3 is 0 Å². The van der Waals surface area contributed by atoms with Crippen molar-refractivity contribution in [3.63, 3.8) is 0 Å². The predicted octanol–water partition coefficient (Wildman–Crippen LogP) is 1.10. The van der Waals surface area contributed by atoms with Gasteiger partial charge in [0.15, 0.2) is 0 Å². The van der Waals surface area contributed by atoms with E-state index in [1.807, 2.05) is 6.07 Å². The van der Waals surface area contributed by atoms with Gasteiger partial charge in [-0.05, 0) is 25.0 Å². The van der Waals surface area contributed by atoms with E-state index in [1.165, 1.54) is 0 Å². The molecular weight excluding hydrogens is 200 g/mol. The van der Waals surface area contributed by atoms with Crippen molar-refractivity contribution in [2.75, 3.05) is 4.72 Å². The summed E-state index contributed by atoms with van der Waals surface area (Å²) in [5.41, 5.74) is 0.584. The average Bonchev–Trinajstić information content (AvgIpc) is 2.88. The fourth-order valence-corrected chi connectivity index (χ4v) is 2.29. The number of para-hydroxylation sites is 1. The third-order valence-electron chi connectivity index (χ3n) is 1.93. The zero-order valence-corrected chi connectivity index (χ0v) is 8.42. The molecule has 0 saturated heterocycles. The van der Waals surface area contributed by atoms with Gasteiger partial charge in [0, 0.05) is 11.7 Å². The van der Waals surface area contributed by atoms with Crippen molar-refractivity contribution in [1.29, 1.82) is 0 Å². The molecule has 2 rings (SSSR count). The molecule has 0 atom stereocenters. The number of benzene rings is 1. The summed E-state index contributed by atoms with van der Waals surface area (Å²) in [6.07, 6.45) is 1.88. The summed E-state index contributed by atoms with van der Waals surface area (Å²) in [5.74, 6) is 0. The van der Waals surface area contributed by atoms with Crippen molar-refractivity contribution in [3.05, 3.63) is 30.3 Å². The van der Waals surface area contributed by atoms with Crippen molar-refractivity contribution < 1.29 is 8.42 Å². The molecule has 76 valence electrons. The van der Waals surface area contributed by atoms with Crippen LogP contribution >= 0.6 is 0 Å². The van der Waals surface area contributed by atoms with E-state index in [0.717, 1.165) is 12.8 Å². The first kappa shape index (κ1) is 9.48. The number of nitrogens with one attached hydrogen (secondary N) is 2. The second-order valence-electron chi connectivity index (χ2n) is 3.36. The Morgan fingerprint density at radius 1 is 1.14 bits per heavy atom. The first-order chi connectivity index (χ1) is 6.66. The van der Waals surface area contributed by atoms with Crippen LogP contribution in [0, 0.1) is 0 Å². The average molecular weight is 212 g/mol. The Bertz CT molecular complexity index is 398. The van der Waals surface area contributed by atoms with E-state index in [2.05, 4.69) is 9.44 Å². The zero-order valence-electron chi connectivity index (χ0n) is 7.60. The highest BCUT2D eigenvalue weighted by Gasteiger charge is 2.26. The van der Waals surface area contributed by atoms with Crippen LogP contribution in [0.3, 0.4) is 0 Å². The Morgan fingerprint density at radius 3 is 2.36 bits per heavy atom. The molecule has 4 nitrogen and oxygen atoms in total. The Hall–Kier alpha value is -1.07. The molecule has 1 saturated carbocycles. The summed E-state index contributed by atoms with van der Waals surface area (Å²) in [4.78, 5) is 0. The highest BCUT2D eigenvalue weighted by molar-refractivity contribution is 7.90. The number of hydrogen-bond acceptors (Lipinski definition) is 2. The van der Waals surface area contributed by atoms with Crippen molar-refractivity contribution >= 4 is 15.9 Å². The van der Waals surface area contributed by atoms with E-state index in [9.17, 15) is 8.42 Å². The van der Waals surface area contributed by atoms with Gasteiger partial charge in [-0.3, -0.25) is 4.72 Å². The number of anilines is 1. The molecule has 0 amide bonds. The molecule has 0 aromatic heterocycles. The predicted molar refractivity (Wildman–Crippen MR) is 55.1 cm³/mol. The van der Waals surface area contributed by atoms with Gasteiger partial charge in [0.05, 0.1) is 0 Å². The molecule has 0 radical (unpaired) electrons. The van der Waals surface area contributed by atoms with Crippen molar-refractivity contribution in [2.24, 2.45) is 0 Å². The van der Waals surface area contributed by atoms with Gasteiger partial charge in [0.25, 0.3) is 10.2 Å². The summed E-state index contributed by atoms with van der Waals surface area (Å²) in [5, 5.41) is 0. The molecule has 1 aromatic carbocycles. The third kappa shape index (κ3) is 2.71. The zero-order chi connectivity index (χ0) is 10.0. The smallest absolute Gasteiger partial charge is 0.271 e. The fourth-order valence-electron chi connectivity index (χ4n) is 1.11. The topological polar surface area (TPSA) is 58.2 Å². The Morgan fingerprint density at radius 2 is 1.79 bits per heavy atom. The van der Waals surface area contributed by atoms with Crippen LogP contribution in [0.1, 0.15) is 12.8 Å². The van der Waals surface area contributed by atoms with Gasteiger partial charge < -0.3 is 0 Å². The molecular formula is C9H12N2O2S. The minimum absolute atomic E-state index is 0.135. The summed E-state index contributed by atoms with van der Waals surface area (Å²) in [6, 6.07) is 8.98. The minimum Gasteiger partial charge on any atom is -0.271 e. The fraction of sp³-hybridized carbons (Fsp3) is 0.333. The van der Waals surface area contributed by atoms with Gasteiger partial charge in [0.2, 0.25) is 0 Å². The molecule has 0 unspecified atom stereocenters. The molecule has 1 fully saturated rings. The molecule has 5 heteroatoms. The van der Waals surface area contributed by atoms with E-state index in [0.29, 0.717) is 5.69 Å². The SMILES string of the molecule is O=S(=O)(Nc1ccccc1)NC1CC1. The third-order valence-corrected chi connectivity index (χ3v) is 3.07. The maximum atomic E-state index is 11.4. The van der Waals surface area contributed by atoms with Gasteiger partial charge in [0.1, 0.15) is 0 Å². The number of hydrogen-bond donors (Lipinski definition) is 2. The molecule has 0 spiro atoms. The van der Waals surface area contributed by atoms with Gasteiger partial charge in [-0.1, -0.05) is 18.2 Å². The van der Waals surface area contributed by atoms with Crippen LogP contribution in [0.25, 0.3) is 0 Å². The molecule has 1 aliphatic rings. The molecule has 2 N–H and O–H groups in total. The van der Waals surface area contributed by atoms with Crippen LogP contribution in [0.2, 0.25) is 0 Å². The lowest BCUT2D eigenvalue weighted by Gasteiger charge is -2.07. The summed E-state index contributed by atoms with van der Waals surface area (Å²) < 4.78 is 27.8. The second kappa shape index (κ2) is 3.59. The first-order valence-electron chi connectivity index (χ1n) is 4.51. The molecule has 1 aliphatic carbocycles. The van der Waals surface area contributed by atoms with Crippen LogP contribution in [-0.4, -0.2) is 14.5 Å². The summed E-state index contributed by atoms with van der Waals surface area (Å²) >= 11 is 0. The molecule has 1 aromatic rings. The maximum absolute atomic E-state index is 11.4. The highest BCUT2D eigenvalue weighted by Crippen LogP contribution is 2.20. The highest BCUT2D eigenvalue weighted by atomic mass is 32.2. The van der Waals surface area contributed by atoms with Crippen LogP contribution < -0.4 is 9.44 Å². The van der Waals surface area contributed by atoms with Gasteiger partial charge in [-0.2, -0.15) is 13.1 Å². The lowest BCUT2D eigenvalue weighted by atomic mass is 10.3. The summed E-state index contributed by atoms with van der Waals surface area (Å²) in [6.45, 7) is 0. The van der Waals surface area contributed by atoms with Crippen LogP contribution in [-0.2, 0) is 10.2 Å². The standard InChI is InChI=1S/C9H12N2O2S/c12-14(13,11-9-6-7-9)10-8-4-2-1-3-5-8/h1-5,9-11H,6-7H2. The molecule has 14 heavy (non-hydrogen) atoms. The molecule has 0 heterocycles. The van der Waals surface area contributed by atoms with Crippen molar-refractivity contribution in [1.82, 2.24) is 4.72 Å². The van der Waals surface area contributed by atoms with E-state index >= 15 is 0 Å². The van der Waals surface area contributed by atoms with Crippen molar-refractivity contribution in [3.8, 4) is 0 Å². The van der Waals surface area contributed by atoms with E-state index < -0.39 is 10.2 Å². The Kier molecular flexibility index (Phi) is 2.43. The summed E-state index contributed by atoms with van der Waals surface area (Å²) in [7, 11) is -3.37. The Balaban J connectivity index is 2.02. The lowest BCUT2D eigenvalue weighted by molar-refractivity contribution is 0.586.